The van der Waals surface area contributed by atoms with Crippen LogP contribution in [0.5, 0.6) is 0 Å². The van der Waals surface area contributed by atoms with Crippen molar-refractivity contribution in [2.45, 2.75) is 13.8 Å². The molecule has 2 aromatic rings. The number of anilines is 1. The molecule has 0 saturated heterocycles. The van der Waals surface area contributed by atoms with Crippen molar-refractivity contribution in [2.75, 3.05) is 5.32 Å². The molecule has 9 heteroatoms. The number of hydrogen-bond acceptors (Lipinski definition) is 7. The van der Waals surface area contributed by atoms with Crippen molar-refractivity contribution in [2.24, 2.45) is 0 Å². The standard InChI is InChI=1S/C10H9N5O3S/c1-4-5(2)14-15-10(11-4)13-7(16)8-12-6(3-19-8)9(17)18/h3H,1-2H3,(H,17,18)(H,11,13,15,16). The van der Waals surface area contributed by atoms with Crippen molar-refractivity contribution in [1.82, 2.24) is 20.2 Å². The van der Waals surface area contributed by atoms with Crippen LogP contribution < -0.4 is 5.32 Å². The van der Waals surface area contributed by atoms with E-state index in [9.17, 15) is 9.59 Å². The maximum Gasteiger partial charge on any atom is 0.355 e. The van der Waals surface area contributed by atoms with E-state index >= 15 is 0 Å². The molecule has 2 aromatic heterocycles. The highest BCUT2D eigenvalue weighted by Crippen LogP contribution is 2.11. The molecule has 0 spiro atoms. The molecule has 0 radical (unpaired) electrons. The van der Waals surface area contributed by atoms with E-state index in [2.05, 4.69) is 25.5 Å². The van der Waals surface area contributed by atoms with Gasteiger partial charge in [-0.05, 0) is 13.8 Å². The quantitative estimate of drug-likeness (QED) is 0.856. The van der Waals surface area contributed by atoms with Gasteiger partial charge in [0.2, 0.25) is 5.95 Å². The lowest BCUT2D eigenvalue weighted by molar-refractivity contribution is 0.0691. The Labute approximate surface area is 111 Å². The third-order valence-corrected chi connectivity index (χ3v) is 3.08. The van der Waals surface area contributed by atoms with Crippen molar-refractivity contribution in [3.05, 3.63) is 27.5 Å². The fourth-order valence-electron chi connectivity index (χ4n) is 1.14. The Morgan fingerprint density at radius 1 is 1.21 bits per heavy atom. The number of aromatic nitrogens is 4. The average molecular weight is 279 g/mol. The Morgan fingerprint density at radius 3 is 2.53 bits per heavy atom. The van der Waals surface area contributed by atoms with Gasteiger partial charge in [0, 0.05) is 5.38 Å². The Kier molecular flexibility index (Phi) is 3.47. The number of carboxylic acid groups (broad SMARTS) is 1. The first kappa shape index (κ1) is 13.0. The third kappa shape index (κ3) is 2.88. The van der Waals surface area contributed by atoms with Crippen molar-refractivity contribution in [1.29, 1.82) is 0 Å². The van der Waals surface area contributed by atoms with Crippen molar-refractivity contribution >= 4 is 29.2 Å². The summed E-state index contributed by atoms with van der Waals surface area (Å²) in [5.74, 6) is -1.69. The highest BCUT2D eigenvalue weighted by molar-refractivity contribution is 7.12. The summed E-state index contributed by atoms with van der Waals surface area (Å²) in [5.41, 5.74) is 1.14. The minimum atomic E-state index is -1.18. The second kappa shape index (κ2) is 5.06. The molecule has 19 heavy (non-hydrogen) atoms. The molecule has 1 amide bonds. The van der Waals surface area contributed by atoms with Crippen LogP contribution in [0, 0.1) is 13.8 Å². The van der Waals surface area contributed by atoms with Crippen LogP contribution in [0.1, 0.15) is 31.7 Å². The normalized spacial score (nSPS) is 10.2. The first-order valence-electron chi connectivity index (χ1n) is 5.15. The topological polar surface area (TPSA) is 118 Å². The highest BCUT2D eigenvalue weighted by Gasteiger charge is 2.16. The molecule has 2 heterocycles. The number of nitrogens with zero attached hydrogens (tertiary/aromatic N) is 4. The first-order chi connectivity index (χ1) is 8.97. The van der Waals surface area contributed by atoms with Gasteiger partial charge >= 0.3 is 5.97 Å². The Bertz CT molecular complexity index is 654. The van der Waals surface area contributed by atoms with E-state index in [0.717, 1.165) is 11.3 Å². The maximum atomic E-state index is 11.8. The van der Waals surface area contributed by atoms with Gasteiger partial charge in [-0.1, -0.05) is 0 Å². The maximum absolute atomic E-state index is 11.8. The number of carbonyl (C=O) groups is 2. The van der Waals surface area contributed by atoms with Crippen LogP contribution in [0.3, 0.4) is 0 Å². The number of amides is 1. The molecule has 0 aliphatic carbocycles. The molecule has 0 aliphatic rings. The van der Waals surface area contributed by atoms with E-state index in [0.29, 0.717) is 11.4 Å². The predicted molar refractivity (Wildman–Crippen MR) is 66.3 cm³/mol. The SMILES string of the molecule is Cc1nnc(NC(=O)c2nc(C(=O)O)cs2)nc1C. The zero-order valence-electron chi connectivity index (χ0n) is 10.0. The summed E-state index contributed by atoms with van der Waals surface area (Å²) in [5, 5.41) is 20.0. The summed E-state index contributed by atoms with van der Waals surface area (Å²) in [6.45, 7) is 3.49. The van der Waals surface area contributed by atoms with Gasteiger partial charge in [0.1, 0.15) is 0 Å². The zero-order chi connectivity index (χ0) is 14.0. The fraction of sp³-hybridized carbons (Fsp3) is 0.200. The van der Waals surface area contributed by atoms with Crippen LogP contribution in [0.25, 0.3) is 0 Å². The van der Waals surface area contributed by atoms with Crippen LogP contribution in [0.15, 0.2) is 5.38 Å². The number of carbonyl (C=O) groups excluding carboxylic acids is 1. The summed E-state index contributed by atoms with van der Waals surface area (Å²) < 4.78 is 0. The molecule has 8 nitrogen and oxygen atoms in total. The molecule has 0 fully saturated rings. The molecule has 0 bridgehead atoms. The highest BCUT2D eigenvalue weighted by atomic mass is 32.1. The smallest absolute Gasteiger partial charge is 0.355 e. The molecule has 98 valence electrons. The van der Waals surface area contributed by atoms with E-state index in [1.54, 1.807) is 13.8 Å². The number of carboxylic acids is 1. The lowest BCUT2D eigenvalue weighted by Crippen LogP contribution is -2.15. The van der Waals surface area contributed by atoms with Gasteiger partial charge in [-0.25, -0.2) is 14.8 Å². The van der Waals surface area contributed by atoms with Crippen molar-refractivity contribution in [3.8, 4) is 0 Å². The number of rotatable bonds is 3. The summed E-state index contributed by atoms with van der Waals surface area (Å²) in [4.78, 5) is 30.1. The van der Waals surface area contributed by atoms with E-state index in [-0.39, 0.29) is 16.6 Å². The Balaban J connectivity index is 2.15. The molecule has 0 aliphatic heterocycles. The minimum Gasteiger partial charge on any atom is -0.476 e. The summed E-state index contributed by atoms with van der Waals surface area (Å²) in [6, 6.07) is 0. The molecular formula is C10H9N5O3S. The summed E-state index contributed by atoms with van der Waals surface area (Å²) >= 11 is 0.933. The second-order valence-electron chi connectivity index (χ2n) is 3.60. The van der Waals surface area contributed by atoms with Crippen LogP contribution >= 0.6 is 11.3 Å². The summed E-state index contributed by atoms with van der Waals surface area (Å²) in [6.07, 6.45) is 0. The molecule has 2 rings (SSSR count). The average Bonchev–Trinajstić information content (AvgIpc) is 2.83. The number of hydrogen-bond donors (Lipinski definition) is 2. The molecular weight excluding hydrogens is 270 g/mol. The van der Waals surface area contributed by atoms with E-state index < -0.39 is 11.9 Å². The van der Waals surface area contributed by atoms with Gasteiger partial charge in [-0.3, -0.25) is 10.1 Å². The van der Waals surface area contributed by atoms with Gasteiger partial charge in [0.15, 0.2) is 10.7 Å². The van der Waals surface area contributed by atoms with Crippen LogP contribution in [0.4, 0.5) is 5.95 Å². The summed E-state index contributed by atoms with van der Waals surface area (Å²) in [7, 11) is 0. The predicted octanol–water partition coefficient (Wildman–Crippen LogP) is 0.895. The van der Waals surface area contributed by atoms with Crippen LogP contribution in [-0.4, -0.2) is 37.1 Å². The van der Waals surface area contributed by atoms with Gasteiger partial charge in [-0.2, -0.15) is 5.10 Å². The lowest BCUT2D eigenvalue weighted by Gasteiger charge is -2.02. The molecule has 2 N–H and O–H groups in total. The lowest BCUT2D eigenvalue weighted by atomic mass is 10.4. The largest absolute Gasteiger partial charge is 0.476 e. The molecule has 0 unspecified atom stereocenters. The number of aromatic carboxylic acids is 1. The van der Waals surface area contributed by atoms with Gasteiger partial charge in [0.05, 0.1) is 11.4 Å². The zero-order valence-corrected chi connectivity index (χ0v) is 10.9. The number of nitrogens with one attached hydrogen (secondary N) is 1. The van der Waals surface area contributed by atoms with Crippen LogP contribution in [-0.2, 0) is 0 Å². The Morgan fingerprint density at radius 2 is 1.95 bits per heavy atom. The molecule has 0 aromatic carbocycles. The number of thiazole rings is 1. The van der Waals surface area contributed by atoms with Crippen LogP contribution in [0.2, 0.25) is 0 Å². The fourth-order valence-corrected chi connectivity index (χ4v) is 1.83. The van der Waals surface area contributed by atoms with Crippen molar-refractivity contribution < 1.29 is 14.7 Å². The first-order valence-corrected chi connectivity index (χ1v) is 6.03. The minimum absolute atomic E-state index is 0.0271. The van der Waals surface area contributed by atoms with Gasteiger partial charge < -0.3 is 5.11 Å². The van der Waals surface area contributed by atoms with Crippen molar-refractivity contribution in [3.63, 3.8) is 0 Å². The molecule has 0 atom stereocenters. The van der Waals surface area contributed by atoms with E-state index in [1.165, 1.54) is 5.38 Å². The molecule has 0 saturated carbocycles. The number of aryl methyl sites for hydroxylation is 2. The van der Waals surface area contributed by atoms with Gasteiger partial charge in [-0.15, -0.1) is 16.4 Å². The van der Waals surface area contributed by atoms with Gasteiger partial charge in [0.25, 0.3) is 5.91 Å². The van der Waals surface area contributed by atoms with E-state index in [4.69, 9.17) is 5.11 Å². The monoisotopic (exact) mass is 279 g/mol. The van der Waals surface area contributed by atoms with E-state index in [1.807, 2.05) is 0 Å². The third-order valence-electron chi connectivity index (χ3n) is 2.23. The second-order valence-corrected chi connectivity index (χ2v) is 4.46. The Hall–Kier alpha value is -2.42.